The predicted molar refractivity (Wildman–Crippen MR) is 81.8 cm³/mol. The number of carbonyl (C=O) groups excluding carboxylic acids is 1. The molecule has 1 aromatic carbocycles. The molecule has 1 heterocycles. The third kappa shape index (κ3) is 4.07. The van der Waals surface area contributed by atoms with Crippen LogP contribution in [-0.4, -0.2) is 38.5 Å². The minimum atomic E-state index is -3.08. The molecule has 1 amide bonds. The second kappa shape index (κ2) is 6.08. The maximum Gasteiger partial charge on any atom is 0.244 e. The Morgan fingerprint density at radius 1 is 1.45 bits per heavy atom. The Bertz CT molecular complexity index is 714. The molecule has 22 heavy (non-hydrogen) atoms. The third-order valence-electron chi connectivity index (χ3n) is 3.53. The van der Waals surface area contributed by atoms with E-state index in [-0.39, 0.29) is 17.3 Å². The second-order valence-electron chi connectivity index (χ2n) is 5.62. The lowest BCUT2D eigenvalue weighted by Crippen LogP contribution is -2.46. The first-order valence-electron chi connectivity index (χ1n) is 6.77. The van der Waals surface area contributed by atoms with Crippen molar-refractivity contribution < 1.29 is 22.3 Å². The highest BCUT2D eigenvalue weighted by molar-refractivity contribution is 7.91. The van der Waals surface area contributed by atoms with Gasteiger partial charge in [0.05, 0.1) is 24.2 Å². The van der Waals surface area contributed by atoms with Crippen LogP contribution in [0.4, 0.5) is 4.39 Å². The van der Waals surface area contributed by atoms with Crippen LogP contribution >= 0.6 is 0 Å². The van der Waals surface area contributed by atoms with Crippen LogP contribution in [-0.2, 0) is 14.6 Å². The van der Waals surface area contributed by atoms with Gasteiger partial charge in [-0.25, -0.2) is 12.8 Å². The topological polar surface area (TPSA) is 72.5 Å². The highest BCUT2D eigenvalue weighted by Crippen LogP contribution is 2.23. The Morgan fingerprint density at radius 3 is 2.73 bits per heavy atom. The van der Waals surface area contributed by atoms with Crippen molar-refractivity contribution in [2.45, 2.75) is 18.9 Å². The third-order valence-corrected chi connectivity index (χ3v) is 5.43. The zero-order chi connectivity index (χ0) is 16.4. The lowest BCUT2D eigenvalue weighted by atomic mass is 10.0. The van der Waals surface area contributed by atoms with Crippen molar-refractivity contribution >= 4 is 21.8 Å². The van der Waals surface area contributed by atoms with E-state index >= 15 is 0 Å². The zero-order valence-corrected chi connectivity index (χ0v) is 13.2. The molecule has 0 radical (unpaired) electrons. The smallest absolute Gasteiger partial charge is 0.244 e. The number of hydrogen-bond donors (Lipinski definition) is 1. The number of hydrogen-bond acceptors (Lipinski definition) is 4. The molecular formula is C15H18FNO4S. The van der Waals surface area contributed by atoms with Gasteiger partial charge in [-0.05, 0) is 37.1 Å². The second-order valence-corrected chi connectivity index (χ2v) is 7.80. The quantitative estimate of drug-likeness (QED) is 0.852. The molecule has 1 aliphatic heterocycles. The first kappa shape index (κ1) is 16.5. The molecule has 1 atom stereocenters. The van der Waals surface area contributed by atoms with Gasteiger partial charge in [-0.2, -0.15) is 0 Å². The standard InChI is InChI=1S/C15H18FNO4S/c1-15(7-8-22(19,20)10-15)17-14(18)6-4-11-3-5-13(21-2)12(16)9-11/h3-6,9H,7-8,10H2,1-2H3,(H,17,18)/b6-4+. The van der Waals surface area contributed by atoms with E-state index in [1.165, 1.54) is 31.4 Å². The molecule has 1 fully saturated rings. The molecule has 1 N–H and O–H groups in total. The molecule has 120 valence electrons. The van der Waals surface area contributed by atoms with Crippen LogP contribution < -0.4 is 10.1 Å². The summed E-state index contributed by atoms with van der Waals surface area (Å²) < 4.78 is 41.3. The lowest BCUT2D eigenvalue weighted by molar-refractivity contribution is -0.117. The highest BCUT2D eigenvalue weighted by atomic mass is 32.2. The van der Waals surface area contributed by atoms with Gasteiger partial charge < -0.3 is 10.1 Å². The first-order chi connectivity index (χ1) is 10.2. The van der Waals surface area contributed by atoms with Gasteiger partial charge >= 0.3 is 0 Å². The van der Waals surface area contributed by atoms with Crippen molar-refractivity contribution in [1.82, 2.24) is 5.32 Å². The van der Waals surface area contributed by atoms with E-state index in [1.54, 1.807) is 13.0 Å². The van der Waals surface area contributed by atoms with Gasteiger partial charge in [0.25, 0.3) is 0 Å². The van der Waals surface area contributed by atoms with Crippen LogP contribution in [0.25, 0.3) is 6.08 Å². The Hall–Kier alpha value is -1.89. The van der Waals surface area contributed by atoms with E-state index in [9.17, 15) is 17.6 Å². The van der Waals surface area contributed by atoms with Crippen molar-refractivity contribution in [1.29, 1.82) is 0 Å². The number of methoxy groups -OCH3 is 1. The molecule has 5 nitrogen and oxygen atoms in total. The SMILES string of the molecule is COc1ccc(/C=C/C(=O)NC2(C)CCS(=O)(=O)C2)cc1F. The van der Waals surface area contributed by atoms with Crippen molar-refractivity contribution in [2.24, 2.45) is 0 Å². The van der Waals surface area contributed by atoms with Crippen molar-refractivity contribution in [2.75, 3.05) is 18.6 Å². The van der Waals surface area contributed by atoms with E-state index in [0.717, 1.165) is 0 Å². The zero-order valence-electron chi connectivity index (χ0n) is 12.4. The average molecular weight is 327 g/mol. The Kier molecular flexibility index (Phi) is 4.55. The molecule has 0 spiro atoms. The van der Waals surface area contributed by atoms with Gasteiger partial charge in [0, 0.05) is 6.08 Å². The van der Waals surface area contributed by atoms with Gasteiger partial charge in [0.15, 0.2) is 21.4 Å². The molecular weight excluding hydrogens is 309 g/mol. The molecule has 7 heteroatoms. The molecule has 1 aliphatic rings. The maximum atomic E-state index is 13.5. The van der Waals surface area contributed by atoms with Gasteiger partial charge in [-0.1, -0.05) is 6.07 Å². The fourth-order valence-corrected chi connectivity index (χ4v) is 4.50. The Balaban J connectivity index is 2.01. The highest BCUT2D eigenvalue weighted by Gasteiger charge is 2.39. The Morgan fingerprint density at radius 2 is 2.18 bits per heavy atom. The average Bonchev–Trinajstić information content (AvgIpc) is 2.70. The molecule has 1 aromatic rings. The summed E-state index contributed by atoms with van der Waals surface area (Å²) in [5.74, 6) is -0.770. The fourth-order valence-electron chi connectivity index (χ4n) is 2.41. The summed E-state index contributed by atoms with van der Waals surface area (Å²) in [4.78, 5) is 11.9. The monoisotopic (exact) mass is 327 g/mol. The van der Waals surface area contributed by atoms with Crippen LogP contribution in [0.3, 0.4) is 0 Å². The number of carbonyl (C=O) groups is 1. The van der Waals surface area contributed by atoms with E-state index in [1.807, 2.05) is 0 Å². The van der Waals surface area contributed by atoms with Crippen molar-refractivity contribution in [3.63, 3.8) is 0 Å². The Labute approximate surface area is 129 Å². The normalized spacial score (nSPS) is 23.6. The maximum absolute atomic E-state index is 13.5. The van der Waals surface area contributed by atoms with Crippen LogP contribution in [0, 0.1) is 5.82 Å². The molecule has 0 saturated carbocycles. The first-order valence-corrected chi connectivity index (χ1v) is 8.59. The molecule has 2 rings (SSSR count). The summed E-state index contributed by atoms with van der Waals surface area (Å²) in [7, 11) is -1.71. The van der Waals surface area contributed by atoms with Gasteiger partial charge in [0.1, 0.15) is 0 Å². The van der Waals surface area contributed by atoms with Gasteiger partial charge in [0.2, 0.25) is 5.91 Å². The largest absolute Gasteiger partial charge is 0.494 e. The number of sulfone groups is 1. The minimum Gasteiger partial charge on any atom is -0.494 e. The number of halogens is 1. The number of benzene rings is 1. The number of ether oxygens (including phenoxy) is 1. The van der Waals surface area contributed by atoms with E-state index < -0.39 is 27.1 Å². The molecule has 0 aromatic heterocycles. The lowest BCUT2D eigenvalue weighted by Gasteiger charge is -2.22. The van der Waals surface area contributed by atoms with E-state index in [4.69, 9.17) is 4.74 Å². The van der Waals surface area contributed by atoms with Crippen LogP contribution in [0.2, 0.25) is 0 Å². The minimum absolute atomic E-state index is 0.0588. The van der Waals surface area contributed by atoms with E-state index in [2.05, 4.69) is 5.32 Å². The summed E-state index contributed by atoms with van der Waals surface area (Å²) >= 11 is 0. The summed E-state index contributed by atoms with van der Waals surface area (Å²) in [5, 5.41) is 2.69. The van der Waals surface area contributed by atoms with E-state index in [0.29, 0.717) is 12.0 Å². The van der Waals surface area contributed by atoms with Crippen LogP contribution in [0.5, 0.6) is 5.75 Å². The summed E-state index contributed by atoms with van der Waals surface area (Å²) in [6, 6.07) is 4.34. The van der Waals surface area contributed by atoms with Crippen LogP contribution in [0.1, 0.15) is 18.9 Å². The van der Waals surface area contributed by atoms with Gasteiger partial charge in [-0.15, -0.1) is 0 Å². The summed E-state index contributed by atoms with van der Waals surface area (Å²) in [6.07, 6.45) is 3.12. The molecule has 0 aliphatic carbocycles. The predicted octanol–water partition coefficient (Wildman–Crippen LogP) is 1.54. The number of amides is 1. The van der Waals surface area contributed by atoms with Crippen LogP contribution in [0.15, 0.2) is 24.3 Å². The number of rotatable bonds is 4. The molecule has 0 bridgehead atoms. The fraction of sp³-hybridized carbons (Fsp3) is 0.400. The summed E-state index contributed by atoms with van der Waals surface area (Å²) in [5.41, 5.74) is -0.233. The molecule has 1 unspecified atom stereocenters. The molecule has 1 saturated heterocycles. The summed E-state index contributed by atoms with van der Waals surface area (Å²) in [6.45, 7) is 1.70. The van der Waals surface area contributed by atoms with Crippen molar-refractivity contribution in [3.8, 4) is 5.75 Å². The number of nitrogens with one attached hydrogen (secondary N) is 1. The van der Waals surface area contributed by atoms with Crippen molar-refractivity contribution in [3.05, 3.63) is 35.7 Å². The van der Waals surface area contributed by atoms with Gasteiger partial charge in [-0.3, -0.25) is 4.79 Å².